The molecule has 0 spiro atoms. The summed E-state index contributed by atoms with van der Waals surface area (Å²) >= 11 is 9.34. The van der Waals surface area contributed by atoms with E-state index in [9.17, 15) is 14.9 Å². The number of benzene rings is 1. The quantitative estimate of drug-likeness (QED) is 0.479. The van der Waals surface area contributed by atoms with Crippen molar-refractivity contribution in [1.82, 2.24) is 4.90 Å². The number of hydrogen-bond donors (Lipinski definition) is 0. The van der Waals surface area contributed by atoms with E-state index in [2.05, 4.69) is 15.9 Å². The van der Waals surface area contributed by atoms with Crippen LogP contribution in [0.1, 0.15) is 16.8 Å². The fourth-order valence-corrected chi connectivity index (χ4v) is 2.96. The number of likely N-dealkylation sites (tertiary alicyclic amines) is 1. The molecule has 0 radical (unpaired) electrons. The van der Waals surface area contributed by atoms with Crippen molar-refractivity contribution in [3.8, 4) is 0 Å². The van der Waals surface area contributed by atoms with Crippen molar-refractivity contribution in [3.63, 3.8) is 0 Å². The number of carbonyl (C=O) groups excluding carboxylic acids is 1. The van der Waals surface area contributed by atoms with E-state index in [1.807, 2.05) is 0 Å². The normalized spacial score (nSPS) is 18.6. The molecule has 1 unspecified atom stereocenters. The van der Waals surface area contributed by atoms with E-state index in [1.165, 1.54) is 18.2 Å². The van der Waals surface area contributed by atoms with E-state index in [4.69, 9.17) is 11.6 Å². The van der Waals surface area contributed by atoms with Gasteiger partial charge in [-0.1, -0.05) is 33.6 Å². The first-order chi connectivity index (χ1) is 9.04. The van der Waals surface area contributed by atoms with Crippen LogP contribution in [0.25, 0.3) is 0 Å². The highest BCUT2D eigenvalue weighted by Crippen LogP contribution is 2.29. The highest BCUT2D eigenvalue weighted by molar-refractivity contribution is 9.09. The Morgan fingerprint density at radius 2 is 2.32 bits per heavy atom. The van der Waals surface area contributed by atoms with Gasteiger partial charge in [0.1, 0.15) is 5.56 Å². The van der Waals surface area contributed by atoms with Gasteiger partial charge >= 0.3 is 0 Å². The zero-order valence-electron chi connectivity index (χ0n) is 10.0. The molecule has 102 valence electrons. The van der Waals surface area contributed by atoms with E-state index in [-0.39, 0.29) is 22.2 Å². The van der Waals surface area contributed by atoms with Crippen LogP contribution in [0.2, 0.25) is 5.02 Å². The topological polar surface area (TPSA) is 63.4 Å². The molecule has 2 rings (SSSR count). The second-order valence-corrected chi connectivity index (χ2v) is 5.51. The molecule has 0 aliphatic carbocycles. The summed E-state index contributed by atoms with van der Waals surface area (Å²) in [6.45, 7) is 1.21. The van der Waals surface area contributed by atoms with Gasteiger partial charge in [-0.15, -0.1) is 0 Å². The molecule has 1 fully saturated rings. The van der Waals surface area contributed by atoms with Gasteiger partial charge in [0, 0.05) is 24.5 Å². The Bertz CT molecular complexity index is 524. The smallest absolute Gasteiger partial charge is 0.283 e. The molecule has 0 bridgehead atoms. The zero-order chi connectivity index (χ0) is 14.0. The lowest BCUT2D eigenvalue weighted by Gasteiger charge is -2.16. The molecule has 1 aromatic rings. The van der Waals surface area contributed by atoms with E-state index < -0.39 is 4.92 Å². The molecular weight excluding hydrogens is 336 g/mol. The molecule has 1 aliphatic rings. The van der Waals surface area contributed by atoms with Crippen LogP contribution in [0.3, 0.4) is 0 Å². The Hall–Kier alpha value is -1.14. The van der Waals surface area contributed by atoms with E-state index in [0.29, 0.717) is 19.0 Å². The lowest BCUT2D eigenvalue weighted by molar-refractivity contribution is -0.385. The Kier molecular flexibility index (Phi) is 4.42. The number of nitro benzene ring substituents is 1. The maximum atomic E-state index is 12.4. The third kappa shape index (κ3) is 2.90. The Morgan fingerprint density at radius 3 is 2.89 bits per heavy atom. The molecule has 1 atom stereocenters. The molecule has 5 nitrogen and oxygen atoms in total. The minimum absolute atomic E-state index is 0.00982. The molecule has 1 heterocycles. The van der Waals surface area contributed by atoms with Crippen LogP contribution < -0.4 is 0 Å². The van der Waals surface area contributed by atoms with Gasteiger partial charge in [0.15, 0.2) is 0 Å². The van der Waals surface area contributed by atoms with Gasteiger partial charge in [-0.25, -0.2) is 0 Å². The third-order valence-electron chi connectivity index (χ3n) is 3.19. The summed E-state index contributed by atoms with van der Waals surface area (Å²) < 4.78 is 0. The minimum atomic E-state index is -0.572. The Labute approximate surface area is 123 Å². The second kappa shape index (κ2) is 5.88. The number of nitrogens with zero attached hydrogens (tertiary/aromatic N) is 2. The van der Waals surface area contributed by atoms with Gasteiger partial charge in [-0.3, -0.25) is 14.9 Å². The Balaban J connectivity index is 2.31. The molecule has 0 aromatic heterocycles. The number of amides is 1. The predicted octanol–water partition coefficient (Wildman–Crippen LogP) is 3.11. The van der Waals surface area contributed by atoms with Crippen LogP contribution in [0.15, 0.2) is 18.2 Å². The maximum Gasteiger partial charge on any atom is 0.283 e. The Morgan fingerprint density at radius 1 is 1.58 bits per heavy atom. The fourth-order valence-electron chi connectivity index (χ4n) is 2.18. The lowest BCUT2D eigenvalue weighted by atomic mass is 10.1. The van der Waals surface area contributed by atoms with Crippen molar-refractivity contribution in [1.29, 1.82) is 0 Å². The molecular formula is C12H12BrClN2O3. The van der Waals surface area contributed by atoms with Crippen molar-refractivity contribution < 1.29 is 9.72 Å². The second-order valence-electron chi connectivity index (χ2n) is 4.45. The first-order valence-corrected chi connectivity index (χ1v) is 7.32. The number of rotatable bonds is 3. The van der Waals surface area contributed by atoms with Crippen LogP contribution in [-0.4, -0.2) is 34.2 Å². The number of halogens is 2. The van der Waals surface area contributed by atoms with E-state index in [1.54, 1.807) is 4.90 Å². The standard InChI is InChI=1S/C12H12BrClN2O3/c13-6-8-4-5-15(7-8)12(17)11-9(14)2-1-3-10(11)16(18)19/h1-3,8H,4-7H2. The van der Waals surface area contributed by atoms with Gasteiger partial charge in [-0.2, -0.15) is 0 Å². The summed E-state index contributed by atoms with van der Waals surface area (Å²) in [5.74, 6) is 0.0336. The van der Waals surface area contributed by atoms with Crippen LogP contribution in [0.4, 0.5) is 5.69 Å². The van der Waals surface area contributed by atoms with Crippen LogP contribution >= 0.6 is 27.5 Å². The minimum Gasteiger partial charge on any atom is -0.338 e. The van der Waals surface area contributed by atoms with Gasteiger partial charge in [0.05, 0.1) is 9.95 Å². The van der Waals surface area contributed by atoms with E-state index in [0.717, 1.165) is 11.8 Å². The summed E-state index contributed by atoms with van der Waals surface area (Å²) in [4.78, 5) is 24.4. The maximum absolute atomic E-state index is 12.4. The van der Waals surface area contributed by atoms with Crippen LogP contribution in [-0.2, 0) is 0 Å². The summed E-state index contributed by atoms with van der Waals surface area (Å²) in [5, 5.41) is 11.9. The molecule has 1 aliphatic heterocycles. The first kappa shape index (κ1) is 14.3. The zero-order valence-corrected chi connectivity index (χ0v) is 12.4. The SMILES string of the molecule is O=C(c1c(Cl)cccc1[N+](=O)[O-])N1CCC(CBr)C1. The van der Waals surface area contributed by atoms with Crippen molar-refractivity contribution >= 4 is 39.1 Å². The molecule has 7 heteroatoms. The number of carbonyl (C=O) groups is 1. The molecule has 19 heavy (non-hydrogen) atoms. The highest BCUT2D eigenvalue weighted by atomic mass is 79.9. The summed E-state index contributed by atoms with van der Waals surface area (Å²) in [6, 6.07) is 4.28. The van der Waals surface area contributed by atoms with Crippen molar-refractivity contribution in [2.45, 2.75) is 6.42 Å². The number of hydrogen-bond acceptors (Lipinski definition) is 3. The summed E-state index contributed by atoms with van der Waals surface area (Å²) in [6.07, 6.45) is 0.898. The summed E-state index contributed by atoms with van der Waals surface area (Å²) in [5.41, 5.74) is -0.246. The summed E-state index contributed by atoms with van der Waals surface area (Å²) in [7, 11) is 0. The van der Waals surface area contributed by atoms with Gasteiger partial charge in [-0.05, 0) is 18.4 Å². The average molecular weight is 348 g/mol. The monoisotopic (exact) mass is 346 g/mol. The average Bonchev–Trinajstić information content (AvgIpc) is 2.86. The number of alkyl halides is 1. The van der Waals surface area contributed by atoms with Crippen molar-refractivity contribution in [2.24, 2.45) is 5.92 Å². The largest absolute Gasteiger partial charge is 0.338 e. The van der Waals surface area contributed by atoms with E-state index >= 15 is 0 Å². The van der Waals surface area contributed by atoms with Crippen LogP contribution in [0, 0.1) is 16.0 Å². The van der Waals surface area contributed by atoms with Gasteiger partial charge < -0.3 is 4.90 Å². The van der Waals surface area contributed by atoms with Gasteiger partial charge in [0.2, 0.25) is 0 Å². The fraction of sp³-hybridized carbons (Fsp3) is 0.417. The molecule has 1 saturated heterocycles. The highest BCUT2D eigenvalue weighted by Gasteiger charge is 2.31. The third-order valence-corrected chi connectivity index (χ3v) is 4.42. The molecule has 0 N–H and O–H groups in total. The predicted molar refractivity (Wildman–Crippen MR) is 75.9 cm³/mol. The lowest BCUT2D eigenvalue weighted by Crippen LogP contribution is -2.29. The van der Waals surface area contributed by atoms with Gasteiger partial charge in [0.25, 0.3) is 11.6 Å². The number of nitro groups is 1. The first-order valence-electron chi connectivity index (χ1n) is 5.82. The van der Waals surface area contributed by atoms with Crippen molar-refractivity contribution in [2.75, 3.05) is 18.4 Å². The molecule has 0 saturated carbocycles. The molecule has 1 aromatic carbocycles. The van der Waals surface area contributed by atoms with Crippen LogP contribution in [0.5, 0.6) is 0 Å². The molecule has 1 amide bonds. The van der Waals surface area contributed by atoms with Crippen molar-refractivity contribution in [3.05, 3.63) is 38.9 Å².